The van der Waals surface area contributed by atoms with Crippen LogP contribution in [0.1, 0.15) is 16.7 Å². The van der Waals surface area contributed by atoms with Crippen LogP contribution in [0.25, 0.3) is 33.2 Å². The van der Waals surface area contributed by atoms with Gasteiger partial charge in [0.15, 0.2) is 4.77 Å². The first-order valence-electron chi connectivity index (χ1n) is 12.5. The molecule has 0 aliphatic heterocycles. The minimum Gasteiger partial charge on any atom is -0.329 e. The lowest BCUT2D eigenvalue weighted by Gasteiger charge is -2.37. The smallest absolute Gasteiger partial charge is 0.197 e. The second-order valence-electron chi connectivity index (χ2n) is 9.30. The number of aromatic amines is 2. The quantitative estimate of drug-likeness (QED) is 0.187. The molecule has 7 aromatic rings. The van der Waals surface area contributed by atoms with Crippen LogP contribution >= 0.6 is 12.2 Å². The third kappa shape index (κ3) is 3.42. The van der Waals surface area contributed by atoms with Gasteiger partial charge >= 0.3 is 0 Å². The Hall–Kier alpha value is -4.81. The zero-order chi connectivity index (χ0) is 25.5. The Balaban J connectivity index is 1.70. The van der Waals surface area contributed by atoms with Gasteiger partial charge in [0.2, 0.25) is 0 Å². The number of hydrogen-bond donors (Lipinski definition) is 2. The van der Waals surface area contributed by atoms with Crippen molar-refractivity contribution >= 4 is 34.2 Å². The fourth-order valence-corrected chi connectivity index (χ4v) is 5.78. The summed E-state index contributed by atoms with van der Waals surface area (Å²) in [5, 5.41) is 4.91. The summed E-state index contributed by atoms with van der Waals surface area (Å²) in [5.41, 5.74) is 7.51. The molecule has 6 heteroatoms. The van der Waals surface area contributed by atoms with E-state index >= 15 is 0 Å². The summed E-state index contributed by atoms with van der Waals surface area (Å²) in [5.74, 6) is 0. The summed E-state index contributed by atoms with van der Waals surface area (Å²) >= 11 is 5.40. The molecule has 0 bridgehead atoms. The van der Waals surface area contributed by atoms with Crippen molar-refractivity contribution in [2.75, 3.05) is 0 Å². The van der Waals surface area contributed by atoms with Crippen LogP contribution < -0.4 is 0 Å². The maximum atomic E-state index is 5.40. The molecular weight excluding hydrogens is 486 g/mol. The number of benzene rings is 4. The van der Waals surface area contributed by atoms with Crippen LogP contribution in [-0.4, -0.2) is 24.7 Å². The Bertz CT molecular complexity index is 1830. The predicted octanol–water partition coefficient (Wildman–Crippen LogP) is 7.48. The summed E-state index contributed by atoms with van der Waals surface area (Å²) in [4.78, 5) is 12.1. The number of fused-ring (bicyclic) bond motifs is 2. The number of imidazole rings is 1. The standard InChI is InChI=1S/C32H23N5S/c38-31-34-27-20-26-29(21-28(27)35-31)37(36-30(26)22-16-18-33-19-17-22)32(23-10-4-1-5-11-23,24-12-6-2-7-13-24)25-14-8-3-9-15-25/h1-21,36H,(H,34,38). The lowest BCUT2D eigenvalue weighted by Crippen LogP contribution is -2.38. The molecule has 38 heavy (non-hydrogen) atoms. The molecule has 0 atom stereocenters. The molecule has 0 saturated carbocycles. The topological polar surface area (TPSA) is 62.3 Å². The molecular formula is C32H23N5S. The average Bonchev–Trinajstić information content (AvgIpc) is 3.53. The van der Waals surface area contributed by atoms with Crippen molar-refractivity contribution in [3.63, 3.8) is 0 Å². The molecule has 0 aliphatic carbocycles. The van der Waals surface area contributed by atoms with E-state index in [1.807, 2.05) is 24.5 Å². The van der Waals surface area contributed by atoms with Crippen molar-refractivity contribution < 1.29 is 0 Å². The second kappa shape index (κ2) is 8.94. The van der Waals surface area contributed by atoms with Gasteiger partial charge in [-0.2, -0.15) is 0 Å². The minimum absolute atomic E-state index is 0.481. The monoisotopic (exact) mass is 509 g/mol. The Morgan fingerprint density at radius 2 is 1.24 bits per heavy atom. The molecule has 2 N–H and O–H groups in total. The molecule has 4 aromatic carbocycles. The van der Waals surface area contributed by atoms with Crippen molar-refractivity contribution in [1.29, 1.82) is 0 Å². The number of H-pyrrole nitrogens is 2. The molecule has 0 unspecified atom stereocenters. The molecule has 0 saturated heterocycles. The van der Waals surface area contributed by atoms with Gasteiger partial charge < -0.3 is 4.98 Å². The van der Waals surface area contributed by atoms with E-state index in [2.05, 4.69) is 128 Å². The number of nitrogens with zero attached hydrogens (tertiary/aromatic N) is 3. The van der Waals surface area contributed by atoms with Gasteiger partial charge in [-0.1, -0.05) is 91.0 Å². The molecule has 0 spiro atoms. The van der Waals surface area contributed by atoms with Crippen LogP contribution in [0.3, 0.4) is 0 Å². The first-order chi connectivity index (χ1) is 18.7. The normalized spacial score (nSPS) is 11.8. The molecule has 182 valence electrons. The third-order valence-corrected chi connectivity index (χ3v) is 7.38. The SMILES string of the molecule is S=c1nc2cc3c(cc2[nH]1)c(-c1ccncc1)[nH]n3C(c1ccccc1)(c1ccccc1)c1ccccc1. The number of pyridine rings is 1. The molecule has 0 fully saturated rings. The van der Waals surface area contributed by atoms with Crippen molar-refractivity contribution in [2.24, 2.45) is 0 Å². The van der Waals surface area contributed by atoms with Gasteiger partial charge in [-0.15, -0.1) is 0 Å². The highest BCUT2D eigenvalue weighted by molar-refractivity contribution is 7.71. The fourth-order valence-electron chi connectivity index (χ4n) is 5.57. The van der Waals surface area contributed by atoms with Crippen molar-refractivity contribution in [2.45, 2.75) is 5.54 Å². The lowest BCUT2D eigenvalue weighted by atomic mass is 9.77. The van der Waals surface area contributed by atoms with Gasteiger partial charge in [0.25, 0.3) is 0 Å². The third-order valence-electron chi connectivity index (χ3n) is 7.19. The first-order valence-corrected chi connectivity index (χ1v) is 12.9. The van der Waals surface area contributed by atoms with Gasteiger partial charge in [0, 0.05) is 23.3 Å². The van der Waals surface area contributed by atoms with Crippen LogP contribution in [0.4, 0.5) is 0 Å². The zero-order valence-electron chi connectivity index (χ0n) is 20.4. The Morgan fingerprint density at radius 1 is 0.684 bits per heavy atom. The molecule has 0 amide bonds. The fraction of sp³-hybridized carbons (Fsp3) is 0.0312. The number of rotatable bonds is 5. The van der Waals surface area contributed by atoms with E-state index in [1.54, 1.807) is 0 Å². The molecule has 7 rings (SSSR count). The first kappa shape index (κ1) is 22.4. The summed E-state index contributed by atoms with van der Waals surface area (Å²) < 4.78 is 2.77. The zero-order valence-corrected chi connectivity index (χ0v) is 21.2. The van der Waals surface area contributed by atoms with Gasteiger partial charge in [-0.05, 0) is 53.2 Å². The van der Waals surface area contributed by atoms with Gasteiger partial charge in [0.05, 0.1) is 22.2 Å². The molecule has 3 aromatic heterocycles. The van der Waals surface area contributed by atoms with E-state index in [-0.39, 0.29) is 0 Å². The van der Waals surface area contributed by atoms with E-state index in [4.69, 9.17) is 12.2 Å². The van der Waals surface area contributed by atoms with Crippen LogP contribution in [0.2, 0.25) is 0 Å². The van der Waals surface area contributed by atoms with E-state index in [9.17, 15) is 0 Å². The highest BCUT2D eigenvalue weighted by atomic mass is 32.1. The number of aromatic nitrogens is 5. The van der Waals surface area contributed by atoms with Crippen LogP contribution in [-0.2, 0) is 5.54 Å². The summed E-state index contributed by atoms with van der Waals surface area (Å²) in [6, 6.07) is 40.3. The van der Waals surface area contributed by atoms with E-state index in [0.717, 1.165) is 49.9 Å². The van der Waals surface area contributed by atoms with Crippen molar-refractivity contribution in [3.8, 4) is 11.3 Å². The Morgan fingerprint density at radius 3 is 1.79 bits per heavy atom. The highest BCUT2D eigenvalue weighted by Crippen LogP contribution is 2.44. The average molecular weight is 510 g/mol. The molecule has 0 radical (unpaired) electrons. The molecule has 5 nitrogen and oxygen atoms in total. The van der Waals surface area contributed by atoms with Gasteiger partial charge in [-0.3, -0.25) is 14.8 Å². The number of hydrogen-bond acceptors (Lipinski definition) is 3. The van der Waals surface area contributed by atoms with Crippen molar-refractivity contribution in [1.82, 2.24) is 24.7 Å². The molecule has 0 aliphatic rings. The second-order valence-corrected chi connectivity index (χ2v) is 9.68. The lowest BCUT2D eigenvalue weighted by molar-refractivity contribution is 0.477. The van der Waals surface area contributed by atoms with Gasteiger partial charge in [-0.25, -0.2) is 4.98 Å². The largest absolute Gasteiger partial charge is 0.329 e. The van der Waals surface area contributed by atoms with E-state index < -0.39 is 5.54 Å². The van der Waals surface area contributed by atoms with Crippen molar-refractivity contribution in [3.05, 3.63) is 149 Å². The van der Waals surface area contributed by atoms with Crippen LogP contribution in [0, 0.1) is 4.77 Å². The highest BCUT2D eigenvalue weighted by Gasteiger charge is 2.40. The van der Waals surface area contributed by atoms with Gasteiger partial charge in [0.1, 0.15) is 5.54 Å². The Kier molecular flexibility index (Phi) is 5.27. The summed E-state index contributed by atoms with van der Waals surface area (Å²) in [6.07, 6.45) is 3.64. The minimum atomic E-state index is -0.700. The van der Waals surface area contributed by atoms with E-state index in [1.165, 1.54) is 0 Å². The van der Waals surface area contributed by atoms with Crippen LogP contribution in [0.15, 0.2) is 128 Å². The molecule has 3 heterocycles. The maximum absolute atomic E-state index is 5.40. The Labute approximate surface area is 224 Å². The number of nitrogens with one attached hydrogen (secondary N) is 2. The predicted molar refractivity (Wildman–Crippen MR) is 155 cm³/mol. The van der Waals surface area contributed by atoms with E-state index in [0.29, 0.717) is 4.77 Å². The van der Waals surface area contributed by atoms with Crippen LogP contribution in [0.5, 0.6) is 0 Å². The maximum Gasteiger partial charge on any atom is 0.197 e. The summed E-state index contributed by atoms with van der Waals surface area (Å²) in [7, 11) is 0. The summed E-state index contributed by atoms with van der Waals surface area (Å²) in [6.45, 7) is 0.